The Morgan fingerprint density at radius 1 is 1.65 bits per heavy atom. The molecular weight excluding hydrogens is 298 g/mol. The Balaban J connectivity index is 2.66. The van der Waals surface area contributed by atoms with E-state index in [0.717, 1.165) is 9.50 Å². The van der Waals surface area contributed by atoms with Gasteiger partial charge >= 0.3 is 0 Å². The maximum absolute atomic E-state index is 9.22. The highest BCUT2D eigenvalue weighted by Crippen LogP contribution is 2.27. The van der Waals surface area contributed by atoms with E-state index in [1.165, 1.54) is 0 Å². The average molecular weight is 314 g/mol. The zero-order valence-corrected chi connectivity index (χ0v) is 12.6. The fourth-order valence-corrected chi connectivity index (χ4v) is 2.95. The van der Waals surface area contributed by atoms with Gasteiger partial charge in [0.05, 0.1) is 6.07 Å². The molecule has 17 heavy (non-hydrogen) atoms. The lowest BCUT2D eigenvalue weighted by Crippen LogP contribution is -2.47. The molecule has 1 heterocycles. The van der Waals surface area contributed by atoms with Gasteiger partial charge in [-0.05, 0) is 48.8 Å². The van der Waals surface area contributed by atoms with Crippen molar-refractivity contribution in [1.82, 2.24) is 10.3 Å². The van der Waals surface area contributed by atoms with Crippen LogP contribution < -0.4 is 5.32 Å². The molecule has 0 aliphatic rings. The van der Waals surface area contributed by atoms with Crippen LogP contribution in [0.25, 0.3) is 0 Å². The zero-order valence-electron chi connectivity index (χ0n) is 10.2. The van der Waals surface area contributed by atoms with Crippen molar-refractivity contribution in [2.24, 2.45) is 0 Å². The predicted molar refractivity (Wildman–Crippen MR) is 75.0 cm³/mol. The van der Waals surface area contributed by atoms with Gasteiger partial charge in [-0.15, -0.1) is 11.8 Å². The Kier molecular flexibility index (Phi) is 5.44. The largest absolute Gasteiger partial charge is 0.297 e. The number of nitriles is 1. The molecule has 5 heteroatoms. The number of hydrogen-bond donors (Lipinski definition) is 1. The summed E-state index contributed by atoms with van der Waals surface area (Å²) in [4.78, 5) is 4.27. The van der Waals surface area contributed by atoms with Crippen LogP contribution in [-0.4, -0.2) is 22.3 Å². The molecule has 1 unspecified atom stereocenters. The van der Waals surface area contributed by atoms with Crippen LogP contribution in [0.4, 0.5) is 0 Å². The van der Waals surface area contributed by atoms with Crippen molar-refractivity contribution in [1.29, 1.82) is 5.26 Å². The highest BCUT2D eigenvalue weighted by molar-refractivity contribution is 9.10. The fraction of sp³-hybridized carbons (Fsp3) is 0.500. The first-order valence-electron chi connectivity index (χ1n) is 5.39. The molecule has 0 aromatic carbocycles. The number of nitrogens with one attached hydrogen (secondary N) is 1. The Hall–Kier alpha value is -0.570. The summed E-state index contributed by atoms with van der Waals surface area (Å²) in [6.45, 7) is 5.99. The van der Waals surface area contributed by atoms with Crippen molar-refractivity contribution >= 4 is 27.7 Å². The topological polar surface area (TPSA) is 48.7 Å². The molecular formula is C12H16BrN3S. The molecule has 0 fully saturated rings. The first-order valence-corrected chi connectivity index (χ1v) is 7.17. The van der Waals surface area contributed by atoms with Crippen LogP contribution in [0.1, 0.15) is 20.8 Å². The Labute approximate surface area is 115 Å². The van der Waals surface area contributed by atoms with Crippen molar-refractivity contribution in [2.75, 3.05) is 5.75 Å². The average Bonchev–Trinajstić information content (AvgIpc) is 2.27. The molecule has 1 atom stereocenters. The van der Waals surface area contributed by atoms with E-state index in [1.807, 2.05) is 32.9 Å². The molecule has 1 N–H and O–H groups in total. The van der Waals surface area contributed by atoms with Crippen molar-refractivity contribution < 1.29 is 0 Å². The summed E-state index contributed by atoms with van der Waals surface area (Å²) in [5.41, 5.74) is -0.532. The van der Waals surface area contributed by atoms with E-state index in [-0.39, 0.29) is 6.04 Å². The predicted octanol–water partition coefficient (Wildman–Crippen LogP) is 3.22. The van der Waals surface area contributed by atoms with Gasteiger partial charge in [0.2, 0.25) is 0 Å². The molecule has 3 nitrogen and oxygen atoms in total. The first-order chi connectivity index (χ1) is 7.97. The van der Waals surface area contributed by atoms with Crippen molar-refractivity contribution in [2.45, 2.75) is 37.4 Å². The highest BCUT2D eigenvalue weighted by Gasteiger charge is 2.25. The van der Waals surface area contributed by atoms with Crippen LogP contribution >= 0.6 is 27.7 Å². The quantitative estimate of drug-likeness (QED) is 0.848. The molecule has 1 rings (SSSR count). The van der Waals surface area contributed by atoms with Gasteiger partial charge in [-0.3, -0.25) is 5.32 Å². The summed E-state index contributed by atoms with van der Waals surface area (Å²) in [6, 6.07) is 6.44. The van der Waals surface area contributed by atoms with E-state index in [0.29, 0.717) is 5.75 Å². The van der Waals surface area contributed by atoms with Crippen molar-refractivity contribution in [3.63, 3.8) is 0 Å². The van der Waals surface area contributed by atoms with Gasteiger partial charge in [0.15, 0.2) is 0 Å². The van der Waals surface area contributed by atoms with Crippen LogP contribution in [0.15, 0.2) is 27.8 Å². The summed E-state index contributed by atoms with van der Waals surface area (Å²) < 4.78 is 0.967. The Bertz CT molecular complexity index is 416. The molecule has 0 saturated carbocycles. The molecule has 0 amide bonds. The van der Waals surface area contributed by atoms with E-state index in [4.69, 9.17) is 0 Å². The van der Waals surface area contributed by atoms with Crippen LogP contribution in [0.3, 0.4) is 0 Å². The van der Waals surface area contributed by atoms with E-state index >= 15 is 0 Å². The number of nitrogens with zero attached hydrogens (tertiary/aromatic N) is 2. The fourth-order valence-electron chi connectivity index (χ4n) is 1.43. The van der Waals surface area contributed by atoms with E-state index in [1.54, 1.807) is 18.0 Å². The molecule has 0 aliphatic carbocycles. The lowest BCUT2D eigenvalue weighted by Gasteiger charge is -2.25. The third kappa shape index (κ3) is 4.66. The summed E-state index contributed by atoms with van der Waals surface area (Å²) in [5.74, 6) is 0.664. The lowest BCUT2D eigenvalue weighted by molar-refractivity contribution is 0.443. The maximum Gasteiger partial charge on any atom is 0.113 e. The number of halogens is 1. The highest BCUT2D eigenvalue weighted by atomic mass is 79.9. The zero-order chi connectivity index (χ0) is 12.9. The van der Waals surface area contributed by atoms with Gasteiger partial charge in [0.1, 0.15) is 10.6 Å². The van der Waals surface area contributed by atoms with Gasteiger partial charge in [-0.1, -0.05) is 0 Å². The number of hydrogen-bond acceptors (Lipinski definition) is 4. The SMILES string of the molecule is CC(C)NC(C)(C#N)CSc1ncccc1Br. The standard InChI is InChI=1S/C12H16BrN3S/c1-9(2)16-12(3,7-14)8-17-11-10(13)5-4-6-15-11/h4-6,9,16H,8H2,1-3H3. The molecule has 0 bridgehead atoms. The van der Waals surface area contributed by atoms with Gasteiger partial charge < -0.3 is 0 Å². The van der Waals surface area contributed by atoms with Gasteiger partial charge in [-0.25, -0.2) is 4.98 Å². The van der Waals surface area contributed by atoms with Gasteiger partial charge in [-0.2, -0.15) is 5.26 Å². The number of rotatable bonds is 5. The van der Waals surface area contributed by atoms with Crippen LogP contribution in [0.5, 0.6) is 0 Å². The number of thioether (sulfide) groups is 1. The molecule has 92 valence electrons. The van der Waals surface area contributed by atoms with Gasteiger partial charge in [0, 0.05) is 22.5 Å². The summed E-state index contributed by atoms with van der Waals surface area (Å²) in [6.07, 6.45) is 1.76. The second kappa shape index (κ2) is 6.39. The molecule has 1 aromatic heterocycles. The molecule has 0 saturated heterocycles. The summed E-state index contributed by atoms with van der Waals surface area (Å²) >= 11 is 5.03. The Morgan fingerprint density at radius 3 is 2.88 bits per heavy atom. The maximum atomic E-state index is 9.22. The molecule has 0 radical (unpaired) electrons. The van der Waals surface area contributed by atoms with E-state index < -0.39 is 5.54 Å². The number of pyridine rings is 1. The molecule has 0 aliphatic heterocycles. The normalized spacial score (nSPS) is 14.4. The summed E-state index contributed by atoms with van der Waals surface area (Å²) in [5, 5.41) is 13.4. The minimum absolute atomic E-state index is 0.285. The lowest BCUT2D eigenvalue weighted by atomic mass is 10.1. The van der Waals surface area contributed by atoms with Crippen LogP contribution in [-0.2, 0) is 0 Å². The van der Waals surface area contributed by atoms with Crippen LogP contribution in [0, 0.1) is 11.3 Å². The molecule has 0 spiro atoms. The van der Waals surface area contributed by atoms with E-state index in [2.05, 4.69) is 32.3 Å². The number of aromatic nitrogens is 1. The first kappa shape index (κ1) is 14.5. The van der Waals surface area contributed by atoms with E-state index in [9.17, 15) is 5.26 Å². The smallest absolute Gasteiger partial charge is 0.113 e. The van der Waals surface area contributed by atoms with Crippen LogP contribution in [0.2, 0.25) is 0 Å². The second-order valence-electron chi connectivity index (χ2n) is 4.32. The monoisotopic (exact) mass is 313 g/mol. The van der Waals surface area contributed by atoms with Crippen molar-refractivity contribution in [3.8, 4) is 6.07 Å². The minimum atomic E-state index is -0.532. The molecule has 1 aromatic rings. The summed E-state index contributed by atoms with van der Waals surface area (Å²) in [7, 11) is 0. The third-order valence-corrected chi connectivity index (χ3v) is 4.30. The van der Waals surface area contributed by atoms with Gasteiger partial charge in [0.25, 0.3) is 0 Å². The Morgan fingerprint density at radius 2 is 2.35 bits per heavy atom. The minimum Gasteiger partial charge on any atom is -0.297 e. The second-order valence-corrected chi connectivity index (χ2v) is 6.14. The third-order valence-electron chi connectivity index (χ3n) is 2.08. The van der Waals surface area contributed by atoms with Crippen molar-refractivity contribution in [3.05, 3.63) is 22.8 Å².